The van der Waals surface area contributed by atoms with Crippen molar-refractivity contribution in [2.45, 2.75) is 53.5 Å². The lowest BCUT2D eigenvalue weighted by molar-refractivity contribution is 0.350. The molecule has 0 atom stereocenters. The Bertz CT molecular complexity index is 310. The molecule has 0 amide bonds. The van der Waals surface area contributed by atoms with Crippen molar-refractivity contribution < 1.29 is 0 Å². The van der Waals surface area contributed by atoms with E-state index in [1.165, 1.54) is 18.5 Å². The quantitative estimate of drug-likeness (QED) is 0.739. The topological polar surface area (TPSA) is 29.9 Å². The molecule has 0 aliphatic carbocycles. The molecule has 0 radical (unpaired) electrons. The van der Waals surface area contributed by atoms with E-state index in [1.54, 1.807) is 0 Å². The zero-order chi connectivity index (χ0) is 12.7. The molecule has 0 aromatic carbocycles. The Morgan fingerprint density at radius 3 is 2.71 bits per heavy atom. The molecule has 1 rings (SSSR count). The third-order valence-corrected chi connectivity index (χ3v) is 2.79. The van der Waals surface area contributed by atoms with Gasteiger partial charge in [-0.25, -0.2) is 4.98 Å². The zero-order valence-electron chi connectivity index (χ0n) is 11.8. The molecule has 1 N–H and O–H groups in total. The molecule has 1 aromatic heterocycles. The monoisotopic (exact) mass is 237 g/mol. The van der Waals surface area contributed by atoms with E-state index in [1.807, 2.05) is 6.33 Å². The van der Waals surface area contributed by atoms with Crippen LogP contribution in [-0.2, 0) is 13.0 Å². The summed E-state index contributed by atoms with van der Waals surface area (Å²) in [6.07, 6.45) is 7.56. The first-order valence-corrected chi connectivity index (χ1v) is 6.72. The predicted octanol–water partition coefficient (Wildman–Crippen LogP) is 2.86. The van der Waals surface area contributed by atoms with Gasteiger partial charge in [-0.3, -0.25) is 0 Å². The molecule has 0 saturated heterocycles. The van der Waals surface area contributed by atoms with E-state index in [9.17, 15) is 0 Å². The average molecular weight is 237 g/mol. The number of imidazole rings is 1. The number of aromatic nitrogens is 2. The van der Waals surface area contributed by atoms with Gasteiger partial charge in [0, 0.05) is 25.7 Å². The van der Waals surface area contributed by atoms with Crippen molar-refractivity contribution in [3.05, 3.63) is 18.2 Å². The van der Waals surface area contributed by atoms with Crippen molar-refractivity contribution >= 4 is 0 Å². The summed E-state index contributed by atoms with van der Waals surface area (Å²) in [5.74, 6) is 0. The van der Waals surface area contributed by atoms with Crippen molar-refractivity contribution in [1.29, 1.82) is 0 Å². The standard InChI is InChI=1S/C14H27N3/c1-5-8-15-9-6-13-11-17(12-16-13)10-7-14(2,3)4/h11-12,15H,5-10H2,1-4H3. The molecule has 1 heterocycles. The maximum atomic E-state index is 4.44. The molecule has 17 heavy (non-hydrogen) atoms. The third kappa shape index (κ3) is 6.47. The molecule has 0 bridgehead atoms. The van der Waals surface area contributed by atoms with E-state index in [2.05, 4.69) is 48.8 Å². The average Bonchev–Trinajstić information content (AvgIpc) is 2.69. The van der Waals surface area contributed by atoms with Crippen LogP contribution in [0.4, 0.5) is 0 Å². The minimum atomic E-state index is 0.396. The van der Waals surface area contributed by atoms with Crippen LogP contribution in [-0.4, -0.2) is 22.6 Å². The van der Waals surface area contributed by atoms with Crippen LogP contribution in [0.15, 0.2) is 12.5 Å². The van der Waals surface area contributed by atoms with E-state index >= 15 is 0 Å². The van der Waals surface area contributed by atoms with Gasteiger partial charge in [0.05, 0.1) is 12.0 Å². The molecule has 0 spiro atoms. The van der Waals surface area contributed by atoms with Gasteiger partial charge in [-0.05, 0) is 24.8 Å². The highest BCUT2D eigenvalue weighted by atomic mass is 15.0. The molecule has 1 aromatic rings. The summed E-state index contributed by atoms with van der Waals surface area (Å²) in [7, 11) is 0. The highest BCUT2D eigenvalue weighted by Gasteiger charge is 2.10. The van der Waals surface area contributed by atoms with E-state index in [0.29, 0.717) is 5.41 Å². The van der Waals surface area contributed by atoms with Gasteiger partial charge in [0.2, 0.25) is 0 Å². The fourth-order valence-electron chi connectivity index (χ4n) is 1.64. The predicted molar refractivity (Wildman–Crippen MR) is 73.2 cm³/mol. The first kappa shape index (κ1) is 14.2. The first-order chi connectivity index (χ1) is 8.01. The van der Waals surface area contributed by atoms with Crippen LogP contribution in [0.25, 0.3) is 0 Å². The summed E-state index contributed by atoms with van der Waals surface area (Å²) in [5.41, 5.74) is 1.59. The third-order valence-electron chi connectivity index (χ3n) is 2.79. The van der Waals surface area contributed by atoms with Crippen LogP contribution in [0.2, 0.25) is 0 Å². The van der Waals surface area contributed by atoms with Gasteiger partial charge in [-0.2, -0.15) is 0 Å². The van der Waals surface area contributed by atoms with Crippen molar-refractivity contribution in [3.8, 4) is 0 Å². The fraction of sp³-hybridized carbons (Fsp3) is 0.786. The molecule has 0 unspecified atom stereocenters. The molecule has 0 aliphatic rings. The smallest absolute Gasteiger partial charge is 0.0949 e. The van der Waals surface area contributed by atoms with Crippen molar-refractivity contribution in [2.75, 3.05) is 13.1 Å². The largest absolute Gasteiger partial charge is 0.337 e. The molecule has 0 fully saturated rings. The molecule has 0 saturated carbocycles. The number of hydrogen-bond donors (Lipinski definition) is 1. The summed E-state index contributed by atoms with van der Waals surface area (Å²) in [6.45, 7) is 12.2. The maximum Gasteiger partial charge on any atom is 0.0949 e. The number of nitrogens with one attached hydrogen (secondary N) is 1. The number of nitrogens with zero attached hydrogens (tertiary/aromatic N) is 2. The van der Waals surface area contributed by atoms with Gasteiger partial charge in [0.1, 0.15) is 0 Å². The van der Waals surface area contributed by atoms with Crippen LogP contribution in [0, 0.1) is 5.41 Å². The van der Waals surface area contributed by atoms with Crippen molar-refractivity contribution in [3.63, 3.8) is 0 Å². The van der Waals surface area contributed by atoms with Crippen molar-refractivity contribution in [1.82, 2.24) is 14.9 Å². The fourth-order valence-corrected chi connectivity index (χ4v) is 1.64. The molecule has 3 nitrogen and oxygen atoms in total. The Morgan fingerprint density at radius 1 is 1.29 bits per heavy atom. The number of hydrogen-bond acceptors (Lipinski definition) is 2. The van der Waals surface area contributed by atoms with Crippen molar-refractivity contribution in [2.24, 2.45) is 5.41 Å². The summed E-state index contributed by atoms with van der Waals surface area (Å²) in [5, 5.41) is 3.40. The highest BCUT2D eigenvalue weighted by molar-refractivity contribution is 4.97. The second kappa shape index (κ2) is 6.80. The lowest BCUT2D eigenvalue weighted by Crippen LogP contribution is -2.17. The SMILES string of the molecule is CCCNCCc1cn(CCC(C)(C)C)cn1. The number of aryl methyl sites for hydroxylation is 1. The van der Waals surface area contributed by atoms with Crippen LogP contribution >= 0.6 is 0 Å². The lowest BCUT2D eigenvalue weighted by Gasteiger charge is -2.17. The Balaban J connectivity index is 2.28. The summed E-state index contributed by atoms with van der Waals surface area (Å²) >= 11 is 0. The van der Waals surface area contributed by atoms with Crippen LogP contribution in [0.1, 0.15) is 46.2 Å². The van der Waals surface area contributed by atoms with E-state index in [4.69, 9.17) is 0 Å². The van der Waals surface area contributed by atoms with E-state index < -0.39 is 0 Å². The van der Waals surface area contributed by atoms with Gasteiger partial charge >= 0.3 is 0 Å². The van der Waals surface area contributed by atoms with Gasteiger partial charge in [-0.1, -0.05) is 27.7 Å². The highest BCUT2D eigenvalue weighted by Crippen LogP contribution is 2.19. The van der Waals surface area contributed by atoms with Crippen LogP contribution in [0.5, 0.6) is 0 Å². The molecule has 3 heteroatoms. The maximum absolute atomic E-state index is 4.44. The van der Waals surface area contributed by atoms with Crippen LogP contribution in [0.3, 0.4) is 0 Å². The Morgan fingerprint density at radius 2 is 2.06 bits per heavy atom. The number of rotatable bonds is 7. The van der Waals surface area contributed by atoms with E-state index in [0.717, 1.165) is 26.1 Å². The van der Waals surface area contributed by atoms with Gasteiger partial charge in [0.15, 0.2) is 0 Å². The normalized spacial score (nSPS) is 12.0. The second-order valence-electron chi connectivity index (χ2n) is 5.91. The summed E-state index contributed by atoms with van der Waals surface area (Å²) in [6, 6.07) is 0. The second-order valence-corrected chi connectivity index (χ2v) is 5.91. The van der Waals surface area contributed by atoms with Gasteiger partial charge in [0.25, 0.3) is 0 Å². The molecule has 98 valence electrons. The Kier molecular flexibility index (Phi) is 5.69. The minimum absolute atomic E-state index is 0.396. The minimum Gasteiger partial charge on any atom is -0.337 e. The Hall–Kier alpha value is -0.830. The molecular formula is C14H27N3. The molecule has 0 aliphatic heterocycles. The molecular weight excluding hydrogens is 210 g/mol. The Labute approximate surface area is 106 Å². The van der Waals surface area contributed by atoms with Gasteiger partial charge in [-0.15, -0.1) is 0 Å². The van der Waals surface area contributed by atoms with Crippen LogP contribution < -0.4 is 5.32 Å². The summed E-state index contributed by atoms with van der Waals surface area (Å²) < 4.78 is 2.21. The summed E-state index contributed by atoms with van der Waals surface area (Å²) in [4.78, 5) is 4.44. The van der Waals surface area contributed by atoms with E-state index in [-0.39, 0.29) is 0 Å². The first-order valence-electron chi connectivity index (χ1n) is 6.72. The zero-order valence-corrected chi connectivity index (χ0v) is 11.8. The lowest BCUT2D eigenvalue weighted by atomic mass is 9.92. The van der Waals surface area contributed by atoms with Gasteiger partial charge < -0.3 is 9.88 Å².